The van der Waals surface area contributed by atoms with Crippen molar-refractivity contribution in [1.82, 2.24) is 4.90 Å². The lowest BCUT2D eigenvalue weighted by Gasteiger charge is -2.15. The minimum atomic E-state index is -1.06. The summed E-state index contributed by atoms with van der Waals surface area (Å²) in [5, 5.41) is 11.5. The molecule has 2 amide bonds. The number of aromatic carboxylic acids is 1. The van der Waals surface area contributed by atoms with Gasteiger partial charge in [-0.2, -0.15) is 0 Å². The summed E-state index contributed by atoms with van der Waals surface area (Å²) in [6.07, 6.45) is 0. The molecule has 0 aromatic heterocycles. The van der Waals surface area contributed by atoms with E-state index in [1.54, 1.807) is 36.4 Å². The number of carbonyl (C=O) groups excluding carboxylic acids is 2. The maximum Gasteiger partial charge on any atom is 0.335 e. The van der Waals surface area contributed by atoms with Crippen molar-refractivity contribution >= 4 is 46.2 Å². The maximum atomic E-state index is 12.5. The van der Waals surface area contributed by atoms with Crippen LogP contribution in [0.1, 0.15) is 15.9 Å². The molecule has 0 spiro atoms. The fourth-order valence-corrected chi connectivity index (χ4v) is 3.40. The Morgan fingerprint density at radius 1 is 1.20 bits per heavy atom. The summed E-state index contributed by atoms with van der Waals surface area (Å²) in [5.41, 5.74) is 1.37. The fraction of sp³-hybridized carbons (Fsp3) is 0.118. The number of anilines is 1. The Morgan fingerprint density at radius 2 is 1.92 bits per heavy atom. The maximum absolute atomic E-state index is 12.5. The van der Waals surface area contributed by atoms with Crippen LogP contribution in [-0.4, -0.2) is 32.5 Å². The second-order valence-corrected chi connectivity index (χ2v) is 6.84. The van der Waals surface area contributed by atoms with E-state index in [1.165, 1.54) is 12.1 Å². The number of thioether (sulfide) groups is 1. The van der Waals surface area contributed by atoms with Crippen LogP contribution < -0.4 is 5.32 Å². The molecule has 2 aromatic rings. The first kappa shape index (κ1) is 17.3. The summed E-state index contributed by atoms with van der Waals surface area (Å²) < 4.78 is 0. The molecule has 1 aliphatic rings. The summed E-state index contributed by atoms with van der Waals surface area (Å²) in [7, 11) is 0. The van der Waals surface area contributed by atoms with E-state index in [-0.39, 0.29) is 23.3 Å². The molecule has 2 aromatic carbocycles. The van der Waals surface area contributed by atoms with Crippen LogP contribution in [0.15, 0.2) is 48.5 Å². The van der Waals surface area contributed by atoms with Crippen LogP contribution in [0.25, 0.3) is 0 Å². The van der Waals surface area contributed by atoms with Gasteiger partial charge in [0.1, 0.15) is 0 Å². The molecule has 0 saturated carbocycles. The van der Waals surface area contributed by atoms with Gasteiger partial charge in [-0.1, -0.05) is 23.7 Å². The fourth-order valence-electron chi connectivity index (χ4n) is 2.36. The van der Waals surface area contributed by atoms with Crippen LogP contribution in [0, 0.1) is 0 Å². The molecule has 0 unspecified atom stereocenters. The molecule has 1 aliphatic heterocycles. The highest BCUT2D eigenvalue weighted by molar-refractivity contribution is 8.15. The van der Waals surface area contributed by atoms with Crippen molar-refractivity contribution in [3.05, 3.63) is 64.7 Å². The zero-order chi connectivity index (χ0) is 18.0. The zero-order valence-corrected chi connectivity index (χ0v) is 14.4. The number of nitrogens with one attached hydrogen (secondary N) is 1. The second kappa shape index (κ2) is 7.16. The predicted molar refractivity (Wildman–Crippen MR) is 95.8 cm³/mol. The van der Waals surface area contributed by atoms with Crippen LogP contribution in [-0.2, 0) is 11.3 Å². The van der Waals surface area contributed by atoms with Crippen LogP contribution in [0.3, 0.4) is 0 Å². The first-order chi connectivity index (χ1) is 11.9. The number of carboxylic acid groups (broad SMARTS) is 1. The molecule has 3 rings (SSSR count). The van der Waals surface area contributed by atoms with Gasteiger partial charge in [-0.05, 0) is 53.7 Å². The van der Waals surface area contributed by atoms with E-state index in [9.17, 15) is 14.4 Å². The number of amides is 2. The van der Waals surface area contributed by atoms with Gasteiger partial charge in [0.2, 0.25) is 0 Å². The molecule has 0 radical (unpaired) electrons. The third kappa shape index (κ3) is 3.94. The van der Waals surface area contributed by atoms with Crippen molar-refractivity contribution in [1.29, 1.82) is 0 Å². The van der Waals surface area contributed by atoms with Gasteiger partial charge in [-0.25, -0.2) is 4.79 Å². The highest BCUT2D eigenvalue weighted by atomic mass is 35.5. The third-order valence-corrected chi connectivity index (χ3v) is 4.82. The summed E-state index contributed by atoms with van der Waals surface area (Å²) in [6.45, 7) is 0.0323. The van der Waals surface area contributed by atoms with Gasteiger partial charge in [-0.15, -0.1) is 0 Å². The van der Waals surface area contributed by atoms with Gasteiger partial charge in [0.25, 0.3) is 11.1 Å². The highest BCUT2D eigenvalue weighted by Crippen LogP contribution is 2.30. The van der Waals surface area contributed by atoms with Crippen molar-refractivity contribution in [3.8, 4) is 0 Å². The molecule has 0 aliphatic carbocycles. The van der Waals surface area contributed by atoms with Gasteiger partial charge < -0.3 is 10.4 Å². The Labute approximate surface area is 152 Å². The van der Waals surface area contributed by atoms with E-state index >= 15 is 0 Å². The van der Waals surface area contributed by atoms with E-state index in [0.717, 1.165) is 16.7 Å². The SMILES string of the molecule is O=C(O)c1cccc(CN2C(=O)S[C@H](Nc3ccc(Cl)cc3)C2=O)c1. The van der Waals surface area contributed by atoms with Gasteiger partial charge in [0, 0.05) is 10.7 Å². The molecule has 1 heterocycles. The quantitative estimate of drug-likeness (QED) is 0.827. The average molecular weight is 377 g/mol. The minimum Gasteiger partial charge on any atom is -0.478 e. The smallest absolute Gasteiger partial charge is 0.335 e. The van der Waals surface area contributed by atoms with Crippen LogP contribution in [0.4, 0.5) is 10.5 Å². The second-order valence-electron chi connectivity index (χ2n) is 5.34. The van der Waals surface area contributed by atoms with Gasteiger partial charge >= 0.3 is 5.97 Å². The normalized spacial score (nSPS) is 17.0. The Morgan fingerprint density at radius 3 is 2.60 bits per heavy atom. The molecular weight excluding hydrogens is 364 g/mol. The molecule has 1 saturated heterocycles. The predicted octanol–water partition coefficient (Wildman–Crippen LogP) is 3.67. The Hall–Kier alpha value is -2.51. The minimum absolute atomic E-state index is 0.0323. The molecule has 1 fully saturated rings. The van der Waals surface area contributed by atoms with Crippen molar-refractivity contribution in [2.75, 3.05) is 5.32 Å². The Balaban J connectivity index is 1.72. The number of rotatable bonds is 5. The van der Waals surface area contributed by atoms with Gasteiger partial charge in [0.05, 0.1) is 12.1 Å². The van der Waals surface area contributed by atoms with Crippen LogP contribution in [0.5, 0.6) is 0 Å². The standard InChI is InChI=1S/C17H13ClN2O4S/c18-12-4-6-13(7-5-12)19-14-15(21)20(17(24)25-14)9-10-2-1-3-11(8-10)16(22)23/h1-8,14,19H,9H2,(H,22,23)/t14-/m0/s1. The molecule has 2 N–H and O–H groups in total. The van der Waals surface area contributed by atoms with Gasteiger partial charge in [-0.3, -0.25) is 14.5 Å². The highest BCUT2D eigenvalue weighted by Gasteiger charge is 2.39. The number of imide groups is 1. The molecular formula is C17H13ClN2O4S. The van der Waals surface area contributed by atoms with E-state index in [2.05, 4.69) is 5.32 Å². The zero-order valence-electron chi connectivity index (χ0n) is 12.8. The first-order valence-electron chi connectivity index (χ1n) is 7.30. The largest absolute Gasteiger partial charge is 0.478 e. The summed E-state index contributed by atoms with van der Waals surface area (Å²) in [5.74, 6) is -1.43. The van der Waals surface area contributed by atoms with E-state index in [1.807, 2.05) is 0 Å². The monoisotopic (exact) mass is 376 g/mol. The molecule has 8 heteroatoms. The van der Waals surface area contributed by atoms with E-state index < -0.39 is 11.3 Å². The van der Waals surface area contributed by atoms with Crippen molar-refractivity contribution in [2.45, 2.75) is 11.9 Å². The van der Waals surface area contributed by atoms with Crippen molar-refractivity contribution in [3.63, 3.8) is 0 Å². The van der Waals surface area contributed by atoms with E-state index in [0.29, 0.717) is 16.3 Å². The van der Waals surface area contributed by atoms with Crippen LogP contribution >= 0.6 is 23.4 Å². The van der Waals surface area contributed by atoms with E-state index in [4.69, 9.17) is 16.7 Å². The number of carbonyl (C=O) groups is 3. The van der Waals surface area contributed by atoms with Crippen molar-refractivity contribution < 1.29 is 19.5 Å². The molecule has 6 nitrogen and oxygen atoms in total. The Kier molecular flexibility index (Phi) is 4.96. The molecule has 1 atom stereocenters. The number of carboxylic acids is 1. The lowest BCUT2D eigenvalue weighted by atomic mass is 10.1. The summed E-state index contributed by atoms with van der Waals surface area (Å²) in [6, 6.07) is 13.0. The topological polar surface area (TPSA) is 86.7 Å². The number of hydrogen-bond acceptors (Lipinski definition) is 5. The lowest BCUT2D eigenvalue weighted by Crippen LogP contribution is -2.33. The number of hydrogen-bond donors (Lipinski definition) is 2. The van der Waals surface area contributed by atoms with Gasteiger partial charge in [0.15, 0.2) is 5.37 Å². The Bertz CT molecular complexity index is 841. The average Bonchev–Trinajstić information content (AvgIpc) is 2.85. The summed E-state index contributed by atoms with van der Waals surface area (Å²) in [4.78, 5) is 36.8. The number of nitrogens with zero attached hydrogens (tertiary/aromatic N) is 1. The first-order valence-corrected chi connectivity index (χ1v) is 8.56. The number of halogens is 1. The van der Waals surface area contributed by atoms with Crippen molar-refractivity contribution in [2.24, 2.45) is 0 Å². The van der Waals surface area contributed by atoms with Crippen LogP contribution in [0.2, 0.25) is 5.02 Å². The lowest BCUT2D eigenvalue weighted by molar-refractivity contribution is -0.126. The third-order valence-electron chi connectivity index (χ3n) is 3.59. The molecule has 25 heavy (non-hydrogen) atoms. The summed E-state index contributed by atoms with van der Waals surface area (Å²) >= 11 is 6.71. The molecule has 0 bridgehead atoms. The number of benzene rings is 2. The molecule has 128 valence electrons.